The van der Waals surface area contributed by atoms with Crippen LogP contribution in [0.3, 0.4) is 0 Å². The number of carbonyl (C=O) groups is 1. The second kappa shape index (κ2) is 7.31. The summed E-state index contributed by atoms with van der Waals surface area (Å²) in [6.45, 7) is 2.60. The van der Waals surface area contributed by atoms with E-state index in [1.807, 2.05) is 36.1 Å². The highest BCUT2D eigenvalue weighted by atomic mass is 32.2. The fraction of sp³-hybridized carbons (Fsp3) is 0.474. The Labute approximate surface area is 147 Å². The zero-order chi connectivity index (χ0) is 17.0. The van der Waals surface area contributed by atoms with Crippen molar-refractivity contribution in [1.82, 2.24) is 4.90 Å². The number of thioether (sulfide) groups is 1. The fourth-order valence-corrected chi connectivity index (χ4v) is 4.44. The smallest absolute Gasteiger partial charge is 0.312 e. The molecule has 2 aliphatic rings. The molecule has 0 bridgehead atoms. The van der Waals surface area contributed by atoms with Crippen molar-refractivity contribution in [2.24, 2.45) is 5.92 Å². The molecule has 5 heteroatoms. The van der Waals surface area contributed by atoms with Gasteiger partial charge in [-0.15, -0.1) is 11.8 Å². The fourth-order valence-electron chi connectivity index (χ4n) is 3.49. The largest absolute Gasteiger partial charge is 0.322 e. The summed E-state index contributed by atoms with van der Waals surface area (Å²) < 4.78 is 0. The monoisotopic (exact) mass is 341 g/mol. The molecule has 1 heterocycles. The molecule has 1 aliphatic carbocycles. The van der Waals surface area contributed by atoms with Crippen LogP contribution in [0.25, 0.3) is 0 Å². The van der Waals surface area contributed by atoms with Crippen molar-refractivity contribution < 1.29 is 4.79 Å². The van der Waals surface area contributed by atoms with Crippen LogP contribution >= 0.6 is 11.8 Å². The van der Waals surface area contributed by atoms with Crippen LogP contribution in [0.1, 0.15) is 32.6 Å². The first-order valence-corrected chi connectivity index (χ1v) is 9.51. The van der Waals surface area contributed by atoms with Crippen molar-refractivity contribution in [2.45, 2.75) is 43.0 Å². The van der Waals surface area contributed by atoms with Crippen LogP contribution in [0, 0.1) is 17.2 Å². The SMILES string of the molecule is CC(C#N)CSc1ccccc1NC(=O)N1CC=CC12CCCC2. The first kappa shape index (κ1) is 16.9. The minimum atomic E-state index is -0.0680. The highest BCUT2D eigenvalue weighted by Gasteiger charge is 2.42. The van der Waals surface area contributed by atoms with Crippen molar-refractivity contribution in [3.05, 3.63) is 36.4 Å². The first-order chi connectivity index (χ1) is 11.6. The minimum absolute atomic E-state index is 0.0108. The summed E-state index contributed by atoms with van der Waals surface area (Å²) in [5.74, 6) is 0.710. The molecule has 1 saturated carbocycles. The van der Waals surface area contributed by atoms with Gasteiger partial charge in [-0.1, -0.05) is 37.1 Å². The van der Waals surface area contributed by atoms with Gasteiger partial charge >= 0.3 is 6.03 Å². The van der Waals surface area contributed by atoms with Crippen LogP contribution in [0.5, 0.6) is 0 Å². The van der Waals surface area contributed by atoms with Crippen molar-refractivity contribution in [3.8, 4) is 6.07 Å². The quantitative estimate of drug-likeness (QED) is 0.640. The van der Waals surface area contributed by atoms with Gasteiger partial charge in [0.25, 0.3) is 0 Å². The van der Waals surface area contributed by atoms with Gasteiger partial charge in [0.2, 0.25) is 0 Å². The topological polar surface area (TPSA) is 56.1 Å². The average molecular weight is 341 g/mol. The van der Waals surface area contributed by atoms with E-state index in [-0.39, 0.29) is 17.5 Å². The van der Waals surface area contributed by atoms with Gasteiger partial charge in [0.05, 0.1) is 23.2 Å². The maximum absolute atomic E-state index is 12.8. The lowest BCUT2D eigenvalue weighted by Gasteiger charge is -2.34. The number of hydrogen-bond acceptors (Lipinski definition) is 3. The van der Waals surface area contributed by atoms with Crippen LogP contribution in [0.2, 0.25) is 0 Å². The maximum Gasteiger partial charge on any atom is 0.322 e. The van der Waals surface area contributed by atoms with E-state index < -0.39 is 0 Å². The van der Waals surface area contributed by atoms with E-state index in [4.69, 9.17) is 5.26 Å². The molecule has 1 aromatic carbocycles. The van der Waals surface area contributed by atoms with Gasteiger partial charge < -0.3 is 10.2 Å². The number of urea groups is 1. The molecule has 0 aromatic heterocycles. The molecule has 1 unspecified atom stereocenters. The number of amides is 2. The Morgan fingerprint density at radius 2 is 2.17 bits per heavy atom. The predicted octanol–water partition coefficient (Wildman–Crippen LogP) is 4.65. The molecule has 0 saturated heterocycles. The number of nitrogens with one attached hydrogen (secondary N) is 1. The molecule has 3 rings (SSSR count). The van der Waals surface area contributed by atoms with Crippen LogP contribution in [-0.4, -0.2) is 28.8 Å². The van der Waals surface area contributed by atoms with Gasteiger partial charge in [0.1, 0.15) is 0 Å². The number of para-hydroxylation sites is 1. The predicted molar refractivity (Wildman–Crippen MR) is 98.0 cm³/mol. The van der Waals surface area contributed by atoms with Crippen LogP contribution in [-0.2, 0) is 0 Å². The number of carbonyl (C=O) groups excluding carboxylic acids is 1. The summed E-state index contributed by atoms with van der Waals surface area (Å²) >= 11 is 1.62. The summed E-state index contributed by atoms with van der Waals surface area (Å²) in [5, 5.41) is 12.0. The zero-order valence-electron chi connectivity index (χ0n) is 14.0. The molecule has 126 valence electrons. The summed E-state index contributed by atoms with van der Waals surface area (Å²) in [5.41, 5.74) is 0.763. The molecule has 4 nitrogen and oxygen atoms in total. The van der Waals surface area contributed by atoms with E-state index in [0.717, 1.165) is 29.2 Å². The Hall–Kier alpha value is -1.93. The van der Waals surface area contributed by atoms with E-state index >= 15 is 0 Å². The lowest BCUT2D eigenvalue weighted by atomic mass is 9.98. The van der Waals surface area contributed by atoms with E-state index in [0.29, 0.717) is 6.54 Å². The second-order valence-electron chi connectivity index (χ2n) is 6.59. The molecule has 2 amide bonds. The Morgan fingerprint density at radius 3 is 2.92 bits per heavy atom. The molecule has 1 aliphatic heterocycles. The zero-order valence-corrected chi connectivity index (χ0v) is 14.8. The van der Waals surface area contributed by atoms with Gasteiger partial charge in [-0.3, -0.25) is 0 Å². The van der Waals surface area contributed by atoms with E-state index in [2.05, 4.69) is 23.5 Å². The number of nitriles is 1. The first-order valence-electron chi connectivity index (χ1n) is 8.52. The Balaban J connectivity index is 1.70. The number of rotatable bonds is 4. The van der Waals surface area contributed by atoms with Gasteiger partial charge in [0.15, 0.2) is 0 Å². The van der Waals surface area contributed by atoms with Crippen molar-refractivity contribution >= 4 is 23.5 Å². The second-order valence-corrected chi connectivity index (χ2v) is 7.65. The molecule has 1 atom stereocenters. The summed E-state index contributed by atoms with van der Waals surface area (Å²) in [6.07, 6.45) is 8.83. The third-order valence-electron chi connectivity index (χ3n) is 4.81. The summed E-state index contributed by atoms with van der Waals surface area (Å²) in [4.78, 5) is 15.8. The molecular formula is C19H23N3OS. The number of anilines is 1. The molecule has 0 radical (unpaired) electrons. The third kappa shape index (κ3) is 3.44. The lowest BCUT2D eigenvalue weighted by Crippen LogP contribution is -2.47. The molecule has 24 heavy (non-hydrogen) atoms. The van der Waals surface area contributed by atoms with Crippen molar-refractivity contribution in [2.75, 3.05) is 17.6 Å². The highest BCUT2D eigenvalue weighted by Crippen LogP contribution is 2.40. The standard InChI is InChI=1S/C19H23N3OS/c1-15(13-20)14-24-17-8-3-2-7-16(17)21-18(23)22-12-6-11-19(22)9-4-5-10-19/h2-3,6-8,11,15H,4-5,9-10,12,14H2,1H3,(H,21,23). The average Bonchev–Trinajstić information content (AvgIpc) is 3.24. The van der Waals surface area contributed by atoms with Gasteiger partial charge in [-0.25, -0.2) is 4.79 Å². The number of hydrogen-bond donors (Lipinski definition) is 1. The van der Waals surface area contributed by atoms with Gasteiger partial charge in [-0.05, 0) is 31.9 Å². The molecule has 1 aromatic rings. The molecule has 1 spiro atoms. The normalized spacial score (nSPS) is 19.4. The van der Waals surface area contributed by atoms with Gasteiger partial charge in [0, 0.05) is 17.2 Å². The summed E-state index contributed by atoms with van der Waals surface area (Å²) in [7, 11) is 0. The third-order valence-corrected chi connectivity index (χ3v) is 6.14. The van der Waals surface area contributed by atoms with Crippen LogP contribution < -0.4 is 5.32 Å². The van der Waals surface area contributed by atoms with E-state index in [9.17, 15) is 4.79 Å². The molecular weight excluding hydrogens is 318 g/mol. The van der Waals surface area contributed by atoms with E-state index in [1.54, 1.807) is 11.8 Å². The minimum Gasteiger partial charge on any atom is -0.312 e. The lowest BCUT2D eigenvalue weighted by molar-refractivity contribution is 0.175. The molecule has 1 N–H and O–H groups in total. The highest BCUT2D eigenvalue weighted by molar-refractivity contribution is 7.99. The molecule has 1 fully saturated rings. The van der Waals surface area contributed by atoms with E-state index in [1.165, 1.54) is 12.8 Å². The Kier molecular flexibility index (Phi) is 5.15. The number of benzene rings is 1. The number of nitrogens with zero attached hydrogens (tertiary/aromatic N) is 2. The Morgan fingerprint density at radius 1 is 1.42 bits per heavy atom. The van der Waals surface area contributed by atoms with Crippen LogP contribution in [0.15, 0.2) is 41.3 Å². The van der Waals surface area contributed by atoms with Gasteiger partial charge in [-0.2, -0.15) is 5.26 Å². The maximum atomic E-state index is 12.8. The summed E-state index contributed by atoms with van der Waals surface area (Å²) in [6, 6.07) is 10.0. The van der Waals surface area contributed by atoms with Crippen LogP contribution in [0.4, 0.5) is 10.5 Å². The van der Waals surface area contributed by atoms with Crippen molar-refractivity contribution in [1.29, 1.82) is 5.26 Å². The Bertz CT molecular complexity index is 673. The van der Waals surface area contributed by atoms with Crippen molar-refractivity contribution in [3.63, 3.8) is 0 Å².